The third-order valence-electron chi connectivity index (χ3n) is 3.91. The summed E-state index contributed by atoms with van der Waals surface area (Å²) in [5.74, 6) is 0.721. The van der Waals surface area contributed by atoms with Crippen LogP contribution in [0, 0.1) is 0 Å². The Morgan fingerprint density at radius 1 is 1.21 bits per heavy atom. The first-order chi connectivity index (χ1) is 9.22. The van der Waals surface area contributed by atoms with Crippen molar-refractivity contribution >= 4 is 5.69 Å². The van der Waals surface area contributed by atoms with Gasteiger partial charge in [-0.1, -0.05) is 30.3 Å². The monoisotopic (exact) mass is 255 g/mol. The highest BCUT2D eigenvalue weighted by Crippen LogP contribution is 2.38. The zero-order valence-electron chi connectivity index (χ0n) is 11.6. The molecule has 1 N–H and O–H groups in total. The molecule has 0 aliphatic heterocycles. The Labute approximate surface area is 114 Å². The van der Waals surface area contributed by atoms with Crippen molar-refractivity contribution in [2.45, 2.75) is 44.7 Å². The number of nitrogens with zero attached hydrogens (tertiary/aromatic N) is 2. The fourth-order valence-corrected chi connectivity index (χ4v) is 2.66. The Balaban J connectivity index is 1.54. The highest BCUT2D eigenvalue weighted by molar-refractivity contribution is 5.41. The number of aromatic nitrogens is 2. The molecule has 0 unspecified atom stereocenters. The normalized spacial score (nSPS) is 22.3. The molecule has 0 atom stereocenters. The highest BCUT2D eigenvalue weighted by atomic mass is 15.3. The molecule has 1 fully saturated rings. The van der Waals surface area contributed by atoms with E-state index in [1.165, 1.54) is 18.4 Å². The van der Waals surface area contributed by atoms with Gasteiger partial charge in [0.2, 0.25) is 0 Å². The molecule has 100 valence electrons. The van der Waals surface area contributed by atoms with Crippen molar-refractivity contribution in [1.29, 1.82) is 0 Å². The minimum absolute atomic E-state index is 0.425. The van der Waals surface area contributed by atoms with Crippen LogP contribution in [0.1, 0.15) is 44.2 Å². The van der Waals surface area contributed by atoms with E-state index >= 15 is 0 Å². The van der Waals surface area contributed by atoms with Crippen molar-refractivity contribution in [1.82, 2.24) is 9.78 Å². The van der Waals surface area contributed by atoms with Gasteiger partial charge in [0.05, 0.1) is 11.9 Å². The van der Waals surface area contributed by atoms with Crippen molar-refractivity contribution in [3.63, 3.8) is 0 Å². The Morgan fingerprint density at radius 2 is 1.95 bits per heavy atom. The van der Waals surface area contributed by atoms with Crippen LogP contribution in [0.15, 0.2) is 42.7 Å². The smallest absolute Gasteiger partial charge is 0.0728 e. The van der Waals surface area contributed by atoms with E-state index in [4.69, 9.17) is 0 Å². The van der Waals surface area contributed by atoms with Crippen molar-refractivity contribution < 1.29 is 0 Å². The van der Waals surface area contributed by atoms with E-state index < -0.39 is 0 Å². The Kier molecular flexibility index (Phi) is 3.28. The van der Waals surface area contributed by atoms with Gasteiger partial charge < -0.3 is 5.32 Å². The number of benzene rings is 1. The van der Waals surface area contributed by atoms with Crippen molar-refractivity contribution in [3.05, 3.63) is 48.3 Å². The molecule has 1 aliphatic carbocycles. The molecule has 3 rings (SSSR count). The van der Waals surface area contributed by atoms with Crippen LogP contribution in [0.5, 0.6) is 0 Å². The van der Waals surface area contributed by atoms with Crippen LogP contribution >= 0.6 is 0 Å². The topological polar surface area (TPSA) is 29.9 Å². The maximum Gasteiger partial charge on any atom is 0.0728 e. The molecular formula is C16H21N3. The molecule has 0 radical (unpaired) electrons. The zero-order valence-corrected chi connectivity index (χ0v) is 11.6. The molecule has 1 aromatic carbocycles. The lowest BCUT2D eigenvalue weighted by atomic mass is 9.76. The molecule has 0 saturated heterocycles. The second-order valence-corrected chi connectivity index (χ2v) is 5.72. The third kappa shape index (κ3) is 2.65. The number of hydrogen-bond acceptors (Lipinski definition) is 2. The average molecular weight is 255 g/mol. The van der Waals surface area contributed by atoms with Gasteiger partial charge in [0.15, 0.2) is 0 Å². The number of hydrogen-bond donors (Lipinski definition) is 1. The van der Waals surface area contributed by atoms with Gasteiger partial charge in [0, 0.05) is 18.3 Å². The van der Waals surface area contributed by atoms with Gasteiger partial charge in [0.1, 0.15) is 0 Å². The molecular weight excluding hydrogens is 234 g/mol. The van der Waals surface area contributed by atoms with E-state index in [9.17, 15) is 0 Å². The van der Waals surface area contributed by atoms with Crippen LogP contribution < -0.4 is 5.32 Å². The maximum absolute atomic E-state index is 4.36. The van der Waals surface area contributed by atoms with Crippen molar-refractivity contribution in [2.24, 2.45) is 0 Å². The molecule has 0 bridgehead atoms. The zero-order chi connectivity index (χ0) is 13.2. The standard InChI is InChI=1S/C16H21N3/c1-12(2)19-11-16(10-17-19)18-15-8-14(9-15)13-6-4-3-5-7-13/h3-7,10-12,14-15,18H,8-9H2,1-2H3. The molecule has 0 amide bonds. The van der Waals surface area contributed by atoms with E-state index in [0.717, 1.165) is 11.6 Å². The molecule has 19 heavy (non-hydrogen) atoms. The summed E-state index contributed by atoms with van der Waals surface area (Å²) in [5.41, 5.74) is 2.61. The van der Waals surface area contributed by atoms with E-state index in [2.05, 4.69) is 60.8 Å². The van der Waals surface area contributed by atoms with Gasteiger partial charge in [0.25, 0.3) is 0 Å². The summed E-state index contributed by atoms with van der Waals surface area (Å²) in [6, 6.07) is 11.8. The second kappa shape index (κ2) is 5.08. The lowest BCUT2D eigenvalue weighted by Gasteiger charge is -2.36. The van der Waals surface area contributed by atoms with Gasteiger partial charge in [-0.25, -0.2) is 0 Å². The summed E-state index contributed by atoms with van der Waals surface area (Å²) in [6.45, 7) is 4.29. The first kappa shape index (κ1) is 12.3. The predicted molar refractivity (Wildman–Crippen MR) is 78.4 cm³/mol. The SMILES string of the molecule is CC(C)n1cc(NC2CC(c3ccccc3)C2)cn1. The summed E-state index contributed by atoms with van der Waals surface area (Å²) in [4.78, 5) is 0. The first-order valence-electron chi connectivity index (χ1n) is 7.08. The summed E-state index contributed by atoms with van der Waals surface area (Å²) in [7, 11) is 0. The summed E-state index contributed by atoms with van der Waals surface area (Å²) in [5, 5.41) is 7.93. The largest absolute Gasteiger partial charge is 0.380 e. The van der Waals surface area contributed by atoms with Gasteiger partial charge in [-0.3, -0.25) is 4.68 Å². The molecule has 1 heterocycles. The van der Waals surface area contributed by atoms with Crippen molar-refractivity contribution in [3.8, 4) is 0 Å². The maximum atomic E-state index is 4.36. The summed E-state index contributed by atoms with van der Waals surface area (Å²) in [6.07, 6.45) is 6.46. The van der Waals surface area contributed by atoms with Gasteiger partial charge in [-0.15, -0.1) is 0 Å². The fraction of sp³-hybridized carbons (Fsp3) is 0.438. The first-order valence-corrected chi connectivity index (χ1v) is 7.08. The van der Waals surface area contributed by atoms with Gasteiger partial charge in [-0.05, 0) is 38.2 Å². The van der Waals surface area contributed by atoms with Crippen LogP contribution in [0.25, 0.3) is 0 Å². The molecule has 1 aromatic heterocycles. The summed E-state index contributed by atoms with van der Waals surface area (Å²) < 4.78 is 2.00. The van der Waals surface area contributed by atoms with E-state index in [0.29, 0.717) is 12.1 Å². The van der Waals surface area contributed by atoms with Crippen LogP contribution in [0.4, 0.5) is 5.69 Å². The Morgan fingerprint density at radius 3 is 2.58 bits per heavy atom. The lowest BCUT2D eigenvalue weighted by Crippen LogP contribution is -2.33. The molecule has 0 spiro atoms. The number of rotatable bonds is 4. The molecule has 1 saturated carbocycles. The third-order valence-corrected chi connectivity index (χ3v) is 3.91. The Hall–Kier alpha value is -1.77. The lowest BCUT2D eigenvalue weighted by molar-refractivity contribution is 0.374. The number of nitrogens with one attached hydrogen (secondary N) is 1. The van der Waals surface area contributed by atoms with E-state index in [-0.39, 0.29) is 0 Å². The minimum Gasteiger partial charge on any atom is -0.380 e. The molecule has 1 aliphatic rings. The highest BCUT2D eigenvalue weighted by Gasteiger charge is 2.30. The average Bonchev–Trinajstić information content (AvgIpc) is 2.83. The van der Waals surface area contributed by atoms with Gasteiger partial charge in [-0.2, -0.15) is 5.10 Å². The Bertz CT molecular complexity index is 524. The van der Waals surface area contributed by atoms with Crippen LogP contribution in [0.2, 0.25) is 0 Å². The molecule has 3 heteroatoms. The minimum atomic E-state index is 0.425. The fourth-order valence-electron chi connectivity index (χ4n) is 2.66. The van der Waals surface area contributed by atoms with Crippen LogP contribution in [0.3, 0.4) is 0 Å². The van der Waals surface area contributed by atoms with Crippen molar-refractivity contribution in [2.75, 3.05) is 5.32 Å². The predicted octanol–water partition coefficient (Wildman–Crippen LogP) is 3.82. The molecule has 3 nitrogen and oxygen atoms in total. The second-order valence-electron chi connectivity index (χ2n) is 5.72. The summed E-state index contributed by atoms with van der Waals surface area (Å²) >= 11 is 0. The van der Waals surface area contributed by atoms with Crippen LogP contribution in [-0.4, -0.2) is 15.8 Å². The molecule has 2 aromatic rings. The number of anilines is 1. The quantitative estimate of drug-likeness (QED) is 0.900. The van der Waals surface area contributed by atoms with Gasteiger partial charge >= 0.3 is 0 Å². The van der Waals surface area contributed by atoms with E-state index in [1.54, 1.807) is 0 Å². The van der Waals surface area contributed by atoms with Crippen LogP contribution in [-0.2, 0) is 0 Å². The van der Waals surface area contributed by atoms with E-state index in [1.807, 2.05) is 10.9 Å².